The van der Waals surface area contributed by atoms with Crippen LogP contribution in [0.15, 0.2) is 28.7 Å². The molecule has 1 saturated heterocycles. The highest BCUT2D eigenvalue weighted by molar-refractivity contribution is 6.06. The van der Waals surface area contributed by atoms with Crippen molar-refractivity contribution >= 4 is 11.9 Å². The first-order valence-electron chi connectivity index (χ1n) is 8.52. The minimum absolute atomic E-state index is 0.0392. The van der Waals surface area contributed by atoms with Crippen LogP contribution in [-0.2, 0) is 17.8 Å². The quantitative estimate of drug-likeness (QED) is 0.804. The normalized spacial score (nSPS) is 19.8. The van der Waals surface area contributed by atoms with Gasteiger partial charge in [0.1, 0.15) is 23.6 Å². The third-order valence-electron chi connectivity index (χ3n) is 4.78. The number of carbonyl (C=O) groups excluding carboxylic acids is 2. The van der Waals surface area contributed by atoms with E-state index < -0.39 is 11.6 Å². The van der Waals surface area contributed by atoms with E-state index >= 15 is 0 Å². The fraction of sp³-hybridized carbons (Fsp3) is 0.421. The SMILES string of the molecule is COc1ccc(CCC2(C)NC(=O)N(Cc3nc(C)c(C)o3)C2=O)cc1. The van der Waals surface area contributed by atoms with E-state index in [0.29, 0.717) is 24.5 Å². The van der Waals surface area contributed by atoms with Crippen LogP contribution in [-0.4, -0.2) is 34.5 Å². The fourth-order valence-corrected chi connectivity index (χ4v) is 2.99. The van der Waals surface area contributed by atoms with Crippen LogP contribution in [0.25, 0.3) is 0 Å². The molecule has 1 aliphatic rings. The predicted molar refractivity (Wildman–Crippen MR) is 94.8 cm³/mol. The zero-order valence-electron chi connectivity index (χ0n) is 15.5. The molecule has 1 fully saturated rings. The van der Waals surface area contributed by atoms with Crippen molar-refractivity contribution in [2.75, 3.05) is 7.11 Å². The molecule has 3 amide bonds. The third-order valence-corrected chi connectivity index (χ3v) is 4.78. The average molecular weight is 357 g/mol. The molecule has 1 N–H and O–H groups in total. The lowest BCUT2D eigenvalue weighted by molar-refractivity contribution is -0.131. The minimum Gasteiger partial charge on any atom is -0.497 e. The zero-order chi connectivity index (χ0) is 18.9. The van der Waals surface area contributed by atoms with Crippen LogP contribution in [0, 0.1) is 13.8 Å². The van der Waals surface area contributed by atoms with Gasteiger partial charge >= 0.3 is 6.03 Å². The van der Waals surface area contributed by atoms with Gasteiger partial charge in [0.15, 0.2) is 0 Å². The molecule has 1 aliphatic heterocycles. The summed E-state index contributed by atoms with van der Waals surface area (Å²) in [5.41, 5.74) is 0.897. The largest absolute Gasteiger partial charge is 0.497 e. The highest BCUT2D eigenvalue weighted by Gasteiger charge is 2.47. The van der Waals surface area contributed by atoms with E-state index in [4.69, 9.17) is 9.15 Å². The summed E-state index contributed by atoms with van der Waals surface area (Å²) in [7, 11) is 1.62. The van der Waals surface area contributed by atoms with Gasteiger partial charge in [-0.3, -0.25) is 9.69 Å². The van der Waals surface area contributed by atoms with E-state index in [1.165, 1.54) is 4.90 Å². The maximum absolute atomic E-state index is 12.8. The van der Waals surface area contributed by atoms with E-state index in [1.54, 1.807) is 21.0 Å². The summed E-state index contributed by atoms with van der Waals surface area (Å²) in [6.07, 6.45) is 1.17. The van der Waals surface area contributed by atoms with Crippen LogP contribution in [0.3, 0.4) is 0 Å². The van der Waals surface area contributed by atoms with Gasteiger partial charge in [-0.1, -0.05) is 12.1 Å². The van der Waals surface area contributed by atoms with Gasteiger partial charge in [-0.15, -0.1) is 0 Å². The van der Waals surface area contributed by atoms with Crippen LogP contribution in [0.5, 0.6) is 5.75 Å². The zero-order valence-corrected chi connectivity index (χ0v) is 15.5. The number of hydrogen-bond acceptors (Lipinski definition) is 5. The first kappa shape index (κ1) is 18.0. The number of benzene rings is 1. The average Bonchev–Trinajstić information content (AvgIpc) is 3.05. The van der Waals surface area contributed by atoms with Crippen molar-refractivity contribution < 1.29 is 18.7 Å². The number of imide groups is 1. The first-order chi connectivity index (χ1) is 12.3. The van der Waals surface area contributed by atoms with Crippen LogP contribution in [0.2, 0.25) is 0 Å². The standard InChI is InChI=1S/C19H23N3O4/c1-12-13(2)26-16(20-12)11-22-17(23)19(3,21-18(22)24)10-9-14-5-7-15(25-4)8-6-14/h5-8H,9-11H2,1-4H3,(H,21,24). The van der Waals surface area contributed by atoms with Gasteiger partial charge in [0, 0.05) is 0 Å². The smallest absolute Gasteiger partial charge is 0.325 e. The Balaban J connectivity index is 1.67. The van der Waals surface area contributed by atoms with Crippen molar-refractivity contribution in [2.24, 2.45) is 0 Å². The maximum atomic E-state index is 12.8. The van der Waals surface area contributed by atoms with Gasteiger partial charge in [0.25, 0.3) is 5.91 Å². The number of carbonyl (C=O) groups is 2. The molecule has 1 atom stereocenters. The van der Waals surface area contributed by atoms with E-state index in [2.05, 4.69) is 10.3 Å². The second-order valence-corrected chi connectivity index (χ2v) is 6.75. The molecule has 1 aromatic carbocycles. The van der Waals surface area contributed by atoms with Gasteiger partial charge < -0.3 is 14.5 Å². The summed E-state index contributed by atoms with van der Waals surface area (Å²) >= 11 is 0. The van der Waals surface area contributed by atoms with Crippen LogP contribution < -0.4 is 10.1 Å². The summed E-state index contributed by atoms with van der Waals surface area (Å²) in [5.74, 6) is 1.58. The summed E-state index contributed by atoms with van der Waals surface area (Å²) in [5, 5.41) is 2.81. The number of rotatable bonds is 6. The molecule has 0 aliphatic carbocycles. The lowest BCUT2D eigenvalue weighted by Crippen LogP contribution is -2.44. The Morgan fingerprint density at radius 3 is 2.50 bits per heavy atom. The highest BCUT2D eigenvalue weighted by Crippen LogP contribution is 2.25. The van der Waals surface area contributed by atoms with Crippen molar-refractivity contribution in [2.45, 2.75) is 45.7 Å². The number of ether oxygens (including phenoxy) is 1. The van der Waals surface area contributed by atoms with Gasteiger partial charge in [-0.25, -0.2) is 9.78 Å². The Morgan fingerprint density at radius 2 is 1.92 bits per heavy atom. The number of aromatic nitrogens is 1. The number of oxazole rings is 1. The summed E-state index contributed by atoms with van der Waals surface area (Å²) in [6, 6.07) is 7.26. The highest BCUT2D eigenvalue weighted by atomic mass is 16.5. The fourth-order valence-electron chi connectivity index (χ4n) is 2.99. The van der Waals surface area contributed by atoms with Crippen LogP contribution >= 0.6 is 0 Å². The van der Waals surface area contributed by atoms with Crippen molar-refractivity contribution in [1.82, 2.24) is 15.2 Å². The number of methoxy groups -OCH3 is 1. The molecule has 2 heterocycles. The van der Waals surface area contributed by atoms with E-state index in [9.17, 15) is 9.59 Å². The lowest BCUT2D eigenvalue weighted by Gasteiger charge is -2.21. The summed E-state index contributed by atoms with van der Waals surface area (Å²) in [4.78, 5) is 30.5. The van der Waals surface area contributed by atoms with Crippen LogP contribution in [0.1, 0.15) is 36.3 Å². The van der Waals surface area contributed by atoms with Crippen molar-refractivity contribution in [1.29, 1.82) is 0 Å². The van der Waals surface area contributed by atoms with Crippen molar-refractivity contribution in [3.63, 3.8) is 0 Å². The predicted octanol–water partition coefficient (Wildman–Crippen LogP) is 2.74. The molecule has 2 aromatic rings. The number of aryl methyl sites for hydroxylation is 3. The number of hydrogen-bond donors (Lipinski definition) is 1. The molecule has 3 rings (SSSR count). The molecular weight excluding hydrogens is 334 g/mol. The van der Waals surface area contributed by atoms with E-state index in [0.717, 1.165) is 17.0 Å². The molecule has 0 bridgehead atoms. The minimum atomic E-state index is -0.937. The molecule has 0 saturated carbocycles. The number of nitrogens with zero attached hydrogens (tertiary/aromatic N) is 2. The Labute approximate surface area is 152 Å². The monoisotopic (exact) mass is 357 g/mol. The molecular formula is C19H23N3O4. The molecule has 0 spiro atoms. The molecule has 26 heavy (non-hydrogen) atoms. The molecule has 138 valence electrons. The Morgan fingerprint density at radius 1 is 1.23 bits per heavy atom. The molecule has 1 unspecified atom stereocenters. The molecule has 0 radical (unpaired) electrons. The maximum Gasteiger partial charge on any atom is 0.325 e. The van der Waals surface area contributed by atoms with E-state index in [1.807, 2.05) is 31.2 Å². The van der Waals surface area contributed by atoms with Gasteiger partial charge in [0.2, 0.25) is 5.89 Å². The van der Waals surface area contributed by atoms with Gasteiger partial charge in [-0.05, 0) is 51.3 Å². The second-order valence-electron chi connectivity index (χ2n) is 6.75. The van der Waals surface area contributed by atoms with Gasteiger partial charge in [-0.2, -0.15) is 0 Å². The van der Waals surface area contributed by atoms with Crippen molar-refractivity contribution in [3.8, 4) is 5.75 Å². The molecule has 1 aromatic heterocycles. The van der Waals surface area contributed by atoms with Gasteiger partial charge in [0.05, 0.1) is 12.8 Å². The summed E-state index contributed by atoms with van der Waals surface area (Å²) in [6.45, 7) is 5.42. The first-order valence-corrected chi connectivity index (χ1v) is 8.52. The second kappa shape index (κ2) is 6.82. The number of amides is 3. The van der Waals surface area contributed by atoms with E-state index in [-0.39, 0.29) is 12.5 Å². The number of urea groups is 1. The third kappa shape index (κ3) is 3.42. The Hall–Kier alpha value is -2.83. The Kier molecular flexibility index (Phi) is 4.71. The van der Waals surface area contributed by atoms with Crippen LogP contribution in [0.4, 0.5) is 4.79 Å². The molecule has 7 nitrogen and oxygen atoms in total. The topological polar surface area (TPSA) is 84.7 Å². The molecule has 7 heteroatoms. The lowest BCUT2D eigenvalue weighted by atomic mass is 9.93. The Bertz CT molecular complexity index is 808. The number of nitrogens with one attached hydrogen (secondary N) is 1. The summed E-state index contributed by atoms with van der Waals surface area (Å²) < 4.78 is 10.6. The van der Waals surface area contributed by atoms with Crippen molar-refractivity contribution in [3.05, 3.63) is 47.2 Å².